The van der Waals surface area contributed by atoms with E-state index in [1.165, 1.54) is 0 Å². The van der Waals surface area contributed by atoms with Gasteiger partial charge in [-0.3, -0.25) is 0 Å². The maximum atomic E-state index is 12.6. The molecular formula is C9H5F5. The van der Waals surface area contributed by atoms with Gasteiger partial charge >= 0.3 is 6.18 Å². The Morgan fingerprint density at radius 1 is 1.21 bits per heavy atom. The molecule has 0 atom stereocenters. The molecule has 0 N–H and O–H groups in total. The second-order valence-electron chi connectivity index (χ2n) is 2.54. The van der Waals surface area contributed by atoms with Crippen molar-refractivity contribution in [3.8, 4) is 0 Å². The number of hydrogen-bond acceptors (Lipinski definition) is 0. The van der Waals surface area contributed by atoms with Crippen LogP contribution in [0.15, 0.2) is 30.6 Å². The van der Waals surface area contributed by atoms with Crippen molar-refractivity contribution in [3.63, 3.8) is 0 Å². The summed E-state index contributed by atoms with van der Waals surface area (Å²) < 4.78 is 60.5. The first kappa shape index (κ1) is 10.7. The van der Waals surface area contributed by atoms with Crippen LogP contribution < -0.4 is 0 Å². The Kier molecular flexibility index (Phi) is 2.88. The van der Waals surface area contributed by atoms with E-state index in [2.05, 4.69) is 0 Å². The van der Waals surface area contributed by atoms with Gasteiger partial charge in [0.25, 0.3) is 0 Å². The summed E-state index contributed by atoms with van der Waals surface area (Å²) in [6.45, 7) is 0. The summed E-state index contributed by atoms with van der Waals surface area (Å²) in [4.78, 5) is 0. The number of alkyl halides is 3. The molecule has 0 heterocycles. The van der Waals surface area contributed by atoms with E-state index < -0.39 is 23.1 Å². The van der Waals surface area contributed by atoms with Crippen LogP contribution in [-0.4, -0.2) is 0 Å². The minimum atomic E-state index is -4.55. The topological polar surface area (TPSA) is 0 Å². The van der Waals surface area contributed by atoms with Gasteiger partial charge in [-0.25, -0.2) is 8.78 Å². The molecule has 1 rings (SSSR count). The SMILES string of the molecule is F/C=C(/F)c1cccc(C(F)(F)F)c1. The molecule has 0 aliphatic rings. The van der Waals surface area contributed by atoms with E-state index in [-0.39, 0.29) is 6.33 Å². The van der Waals surface area contributed by atoms with Gasteiger partial charge in [-0.15, -0.1) is 0 Å². The molecule has 76 valence electrons. The van der Waals surface area contributed by atoms with E-state index in [1.54, 1.807) is 0 Å². The van der Waals surface area contributed by atoms with Gasteiger partial charge in [0.2, 0.25) is 0 Å². The molecule has 1 aromatic rings. The van der Waals surface area contributed by atoms with Gasteiger partial charge in [-0.2, -0.15) is 13.2 Å². The van der Waals surface area contributed by atoms with Gasteiger partial charge in [0.1, 0.15) is 6.33 Å². The van der Waals surface area contributed by atoms with Crippen molar-refractivity contribution in [1.29, 1.82) is 0 Å². The third-order valence-corrected chi connectivity index (χ3v) is 1.56. The highest BCUT2D eigenvalue weighted by Crippen LogP contribution is 2.31. The van der Waals surface area contributed by atoms with Crippen LogP contribution in [0.2, 0.25) is 0 Å². The maximum absolute atomic E-state index is 12.6. The lowest BCUT2D eigenvalue weighted by Crippen LogP contribution is -2.04. The molecule has 14 heavy (non-hydrogen) atoms. The zero-order chi connectivity index (χ0) is 10.8. The van der Waals surface area contributed by atoms with Crippen molar-refractivity contribution in [2.24, 2.45) is 0 Å². The summed E-state index contributed by atoms with van der Waals surface area (Å²) >= 11 is 0. The Bertz CT molecular complexity index is 350. The molecule has 0 radical (unpaired) electrons. The van der Waals surface area contributed by atoms with Crippen LogP contribution >= 0.6 is 0 Å². The van der Waals surface area contributed by atoms with Gasteiger partial charge in [-0.1, -0.05) is 12.1 Å². The Labute approximate surface area is 76.7 Å². The van der Waals surface area contributed by atoms with Crippen molar-refractivity contribution in [2.75, 3.05) is 0 Å². The minimum absolute atomic E-state index is 0.379. The molecule has 0 saturated heterocycles. The van der Waals surface area contributed by atoms with Crippen molar-refractivity contribution >= 4 is 5.83 Å². The smallest absolute Gasteiger partial charge is 0.212 e. The fraction of sp³-hybridized carbons (Fsp3) is 0.111. The van der Waals surface area contributed by atoms with Crippen LogP contribution in [0.25, 0.3) is 5.83 Å². The highest BCUT2D eigenvalue weighted by Gasteiger charge is 2.30. The second-order valence-corrected chi connectivity index (χ2v) is 2.54. The maximum Gasteiger partial charge on any atom is 0.416 e. The molecule has 1 aromatic carbocycles. The lowest BCUT2D eigenvalue weighted by Gasteiger charge is -2.06. The summed E-state index contributed by atoms with van der Waals surface area (Å²) in [7, 11) is 0. The molecule has 0 aliphatic heterocycles. The monoisotopic (exact) mass is 208 g/mol. The first-order valence-electron chi connectivity index (χ1n) is 3.58. The van der Waals surface area contributed by atoms with Gasteiger partial charge < -0.3 is 0 Å². The quantitative estimate of drug-likeness (QED) is 0.613. The van der Waals surface area contributed by atoms with E-state index >= 15 is 0 Å². The highest BCUT2D eigenvalue weighted by molar-refractivity contribution is 5.58. The normalized spacial score (nSPS) is 13.1. The number of halogens is 5. The Morgan fingerprint density at radius 3 is 2.36 bits per heavy atom. The van der Waals surface area contributed by atoms with Crippen LogP contribution in [0.1, 0.15) is 11.1 Å². The summed E-state index contributed by atoms with van der Waals surface area (Å²) in [6.07, 6.45) is -4.93. The van der Waals surface area contributed by atoms with Gasteiger partial charge in [0, 0.05) is 5.56 Å². The molecule has 0 aromatic heterocycles. The average molecular weight is 208 g/mol. The molecule has 0 amide bonds. The summed E-state index contributed by atoms with van der Waals surface area (Å²) in [6, 6.07) is 3.41. The fourth-order valence-electron chi connectivity index (χ4n) is 0.907. The van der Waals surface area contributed by atoms with Gasteiger partial charge in [-0.05, 0) is 12.1 Å². The highest BCUT2D eigenvalue weighted by atomic mass is 19.4. The molecule has 0 spiro atoms. The van der Waals surface area contributed by atoms with Crippen molar-refractivity contribution in [1.82, 2.24) is 0 Å². The number of rotatable bonds is 1. The summed E-state index contributed by atoms with van der Waals surface area (Å²) in [5.41, 5.74) is -1.44. The van der Waals surface area contributed by atoms with E-state index in [0.29, 0.717) is 6.07 Å². The molecule has 5 heteroatoms. The van der Waals surface area contributed by atoms with E-state index in [9.17, 15) is 22.0 Å². The van der Waals surface area contributed by atoms with Crippen LogP contribution in [0.5, 0.6) is 0 Å². The van der Waals surface area contributed by atoms with Crippen LogP contribution in [0.3, 0.4) is 0 Å². The van der Waals surface area contributed by atoms with E-state index in [1.807, 2.05) is 0 Å². The minimum Gasteiger partial charge on any atom is -0.212 e. The molecule has 0 unspecified atom stereocenters. The first-order valence-corrected chi connectivity index (χ1v) is 3.58. The Hall–Kier alpha value is -1.39. The second kappa shape index (κ2) is 3.77. The number of benzene rings is 1. The third-order valence-electron chi connectivity index (χ3n) is 1.56. The van der Waals surface area contributed by atoms with Crippen molar-refractivity contribution in [3.05, 3.63) is 41.7 Å². The van der Waals surface area contributed by atoms with Crippen molar-refractivity contribution < 1.29 is 22.0 Å². The molecule has 0 saturated carbocycles. The summed E-state index contributed by atoms with van der Waals surface area (Å²) in [5.74, 6) is -1.32. The predicted molar refractivity (Wildman–Crippen MR) is 41.6 cm³/mol. The zero-order valence-electron chi connectivity index (χ0n) is 6.78. The fourth-order valence-corrected chi connectivity index (χ4v) is 0.907. The van der Waals surface area contributed by atoms with E-state index in [4.69, 9.17) is 0 Å². The van der Waals surface area contributed by atoms with Crippen LogP contribution in [-0.2, 0) is 6.18 Å². The van der Waals surface area contributed by atoms with E-state index in [0.717, 1.165) is 18.2 Å². The van der Waals surface area contributed by atoms with Gasteiger partial charge in [0.15, 0.2) is 5.83 Å². The molecule has 0 nitrogen and oxygen atoms in total. The lowest BCUT2D eigenvalue weighted by atomic mass is 10.1. The first-order chi connectivity index (χ1) is 6.45. The number of hydrogen-bond donors (Lipinski definition) is 0. The van der Waals surface area contributed by atoms with Crippen molar-refractivity contribution in [2.45, 2.75) is 6.18 Å². The predicted octanol–water partition coefficient (Wildman–Crippen LogP) is 3.94. The lowest BCUT2D eigenvalue weighted by molar-refractivity contribution is -0.137. The molecule has 0 fully saturated rings. The summed E-state index contributed by atoms with van der Waals surface area (Å²) in [5, 5.41) is 0. The van der Waals surface area contributed by atoms with Crippen LogP contribution in [0.4, 0.5) is 22.0 Å². The molecular weight excluding hydrogens is 203 g/mol. The molecule has 0 aliphatic carbocycles. The largest absolute Gasteiger partial charge is 0.416 e. The van der Waals surface area contributed by atoms with Gasteiger partial charge in [0.05, 0.1) is 5.56 Å². The third kappa shape index (κ3) is 2.31. The standard InChI is InChI=1S/C9H5F5/c10-5-8(11)6-2-1-3-7(4-6)9(12,13)14/h1-5H/b8-5+. The Morgan fingerprint density at radius 2 is 1.86 bits per heavy atom. The Balaban J connectivity index is 3.14. The van der Waals surface area contributed by atoms with Crippen LogP contribution in [0, 0.1) is 0 Å². The molecule has 0 bridgehead atoms. The zero-order valence-corrected chi connectivity index (χ0v) is 6.78. The average Bonchev–Trinajstić information content (AvgIpc) is 2.15.